The van der Waals surface area contributed by atoms with Gasteiger partial charge in [0.25, 0.3) is 0 Å². The molecule has 6 nitrogen and oxygen atoms in total. The van der Waals surface area contributed by atoms with Gasteiger partial charge >= 0.3 is 6.18 Å². The lowest BCUT2D eigenvalue weighted by molar-refractivity contribution is -0.137. The molecule has 0 unspecified atom stereocenters. The quantitative estimate of drug-likeness (QED) is 0.368. The van der Waals surface area contributed by atoms with E-state index in [0.717, 1.165) is 17.6 Å². The molecule has 150 valence electrons. The monoisotopic (exact) mass is 430 g/mol. The number of halogens is 4. The smallest absolute Gasteiger partial charge is 0.322 e. The van der Waals surface area contributed by atoms with Crippen LogP contribution in [0.3, 0.4) is 0 Å². The van der Waals surface area contributed by atoms with Gasteiger partial charge in [0, 0.05) is 10.9 Å². The van der Waals surface area contributed by atoms with Crippen molar-refractivity contribution in [3.63, 3.8) is 0 Å². The summed E-state index contributed by atoms with van der Waals surface area (Å²) in [5.74, 6) is -0.0402. The second-order valence-corrected chi connectivity index (χ2v) is 7.17. The van der Waals surface area contributed by atoms with E-state index in [1.807, 2.05) is 0 Å². The van der Waals surface area contributed by atoms with E-state index >= 15 is 0 Å². The maximum Gasteiger partial charge on any atom is 0.417 e. The number of hydrogen-bond acceptors (Lipinski definition) is 6. The van der Waals surface area contributed by atoms with Crippen molar-refractivity contribution >= 4 is 44.3 Å². The predicted octanol–water partition coefficient (Wildman–Crippen LogP) is 5.53. The highest BCUT2D eigenvalue weighted by Gasteiger charge is 2.34. The van der Waals surface area contributed by atoms with Crippen LogP contribution in [0.25, 0.3) is 32.5 Å². The Bertz CT molecular complexity index is 1390. The first-order valence-electron chi connectivity index (χ1n) is 8.60. The zero-order chi connectivity index (χ0) is 20.9. The fourth-order valence-corrected chi connectivity index (χ4v) is 3.73. The van der Waals surface area contributed by atoms with Crippen LogP contribution in [-0.4, -0.2) is 24.5 Å². The summed E-state index contributed by atoms with van der Waals surface area (Å²) in [5.41, 5.74) is -0.0171. The SMILES string of the molecule is Fc1ccc2[nH]nc(Nc3nc(-c4ccccc4C(F)(F)F)nc4cnsc34)c2c1. The van der Waals surface area contributed by atoms with Crippen LogP contribution in [0.5, 0.6) is 0 Å². The lowest BCUT2D eigenvalue weighted by atomic mass is 10.1. The predicted molar refractivity (Wildman–Crippen MR) is 105 cm³/mol. The third-order valence-electron chi connectivity index (χ3n) is 4.45. The highest BCUT2D eigenvalue weighted by molar-refractivity contribution is 7.13. The third kappa shape index (κ3) is 3.12. The number of hydrogen-bond donors (Lipinski definition) is 2. The molecule has 0 amide bonds. The molecule has 0 aliphatic heterocycles. The minimum atomic E-state index is -4.56. The summed E-state index contributed by atoms with van der Waals surface area (Å²) in [6, 6.07) is 9.21. The van der Waals surface area contributed by atoms with Crippen LogP contribution in [0.2, 0.25) is 0 Å². The number of nitrogens with one attached hydrogen (secondary N) is 2. The van der Waals surface area contributed by atoms with Crippen LogP contribution in [0, 0.1) is 5.82 Å². The summed E-state index contributed by atoms with van der Waals surface area (Å²) in [5, 5.41) is 10.3. The Labute approximate surface area is 169 Å². The van der Waals surface area contributed by atoms with Gasteiger partial charge in [0.2, 0.25) is 0 Å². The number of rotatable bonds is 3. The fourth-order valence-electron chi connectivity index (χ4n) is 3.10. The van der Waals surface area contributed by atoms with Gasteiger partial charge in [-0.3, -0.25) is 5.10 Å². The largest absolute Gasteiger partial charge is 0.417 e. The number of H-pyrrole nitrogens is 1. The first-order chi connectivity index (χ1) is 14.4. The van der Waals surface area contributed by atoms with Crippen molar-refractivity contribution in [3.8, 4) is 11.4 Å². The highest BCUT2D eigenvalue weighted by atomic mass is 32.1. The minimum absolute atomic E-state index is 0.107. The molecule has 0 saturated heterocycles. The summed E-state index contributed by atoms with van der Waals surface area (Å²) in [7, 11) is 0. The van der Waals surface area contributed by atoms with Crippen molar-refractivity contribution < 1.29 is 17.6 Å². The number of alkyl halides is 3. The molecule has 0 bridgehead atoms. The van der Waals surface area contributed by atoms with Crippen LogP contribution in [-0.2, 0) is 6.18 Å². The molecule has 5 aromatic rings. The zero-order valence-electron chi connectivity index (χ0n) is 14.8. The molecule has 30 heavy (non-hydrogen) atoms. The van der Waals surface area contributed by atoms with Crippen LogP contribution < -0.4 is 5.32 Å². The number of anilines is 2. The third-order valence-corrected chi connectivity index (χ3v) is 5.24. The zero-order valence-corrected chi connectivity index (χ0v) is 15.6. The van der Waals surface area contributed by atoms with Gasteiger partial charge in [-0.15, -0.1) is 0 Å². The summed E-state index contributed by atoms with van der Waals surface area (Å²) < 4.78 is 58.7. The summed E-state index contributed by atoms with van der Waals surface area (Å²) in [4.78, 5) is 8.58. The first-order valence-corrected chi connectivity index (χ1v) is 9.37. The van der Waals surface area contributed by atoms with E-state index in [-0.39, 0.29) is 23.0 Å². The van der Waals surface area contributed by atoms with Crippen molar-refractivity contribution in [3.05, 3.63) is 60.0 Å². The number of benzene rings is 2. The first kappa shape index (κ1) is 18.4. The van der Waals surface area contributed by atoms with E-state index in [9.17, 15) is 17.6 Å². The van der Waals surface area contributed by atoms with Gasteiger partial charge in [-0.1, -0.05) is 18.2 Å². The molecular formula is C19H10F4N6S. The highest BCUT2D eigenvalue weighted by Crippen LogP contribution is 2.38. The van der Waals surface area contributed by atoms with E-state index in [1.165, 1.54) is 42.6 Å². The molecule has 2 aromatic carbocycles. The van der Waals surface area contributed by atoms with Crippen LogP contribution >= 0.6 is 11.5 Å². The topological polar surface area (TPSA) is 79.4 Å². The molecule has 0 atom stereocenters. The van der Waals surface area contributed by atoms with Crippen molar-refractivity contribution in [1.29, 1.82) is 0 Å². The minimum Gasteiger partial charge on any atom is -0.322 e. The molecule has 2 N–H and O–H groups in total. The van der Waals surface area contributed by atoms with Crippen LogP contribution in [0.15, 0.2) is 48.7 Å². The van der Waals surface area contributed by atoms with Gasteiger partial charge in [-0.2, -0.15) is 22.6 Å². The standard InChI is InChI=1S/C19H10F4N6S/c20-9-5-6-13-11(7-9)17(29-28-13)27-18-15-14(8-24-30-15)25-16(26-18)10-3-1-2-4-12(10)19(21,22)23/h1-8H,(H2,25,26,27,28,29). The van der Waals surface area contributed by atoms with Crippen molar-refractivity contribution in [2.45, 2.75) is 6.18 Å². The van der Waals surface area contributed by atoms with E-state index < -0.39 is 17.6 Å². The molecule has 0 saturated carbocycles. The number of aromatic nitrogens is 5. The molecule has 0 aliphatic carbocycles. The van der Waals surface area contributed by atoms with Gasteiger partial charge < -0.3 is 5.32 Å². The summed E-state index contributed by atoms with van der Waals surface area (Å²) in [6.07, 6.45) is -3.11. The molecule has 0 aliphatic rings. The van der Waals surface area contributed by atoms with E-state index in [2.05, 4.69) is 29.9 Å². The molecule has 3 heterocycles. The van der Waals surface area contributed by atoms with E-state index in [0.29, 0.717) is 21.1 Å². The normalized spacial score (nSPS) is 12.0. The maximum atomic E-state index is 13.7. The Kier molecular flexibility index (Phi) is 4.13. The van der Waals surface area contributed by atoms with Crippen molar-refractivity contribution in [1.82, 2.24) is 24.5 Å². The Morgan fingerprint density at radius 2 is 1.83 bits per heavy atom. The second kappa shape index (κ2) is 6.73. The number of fused-ring (bicyclic) bond motifs is 2. The van der Waals surface area contributed by atoms with Crippen molar-refractivity contribution in [2.75, 3.05) is 5.32 Å². The summed E-state index contributed by atoms with van der Waals surface area (Å²) >= 11 is 1.09. The van der Waals surface area contributed by atoms with Gasteiger partial charge in [0.05, 0.1) is 17.3 Å². The number of aromatic amines is 1. The molecule has 0 spiro atoms. The lowest BCUT2D eigenvalue weighted by Gasteiger charge is -2.13. The average molecular weight is 430 g/mol. The van der Waals surface area contributed by atoms with E-state index in [4.69, 9.17) is 0 Å². The molecule has 11 heteroatoms. The average Bonchev–Trinajstić information content (AvgIpc) is 3.34. The second-order valence-electron chi connectivity index (χ2n) is 6.37. The summed E-state index contributed by atoms with van der Waals surface area (Å²) in [6.45, 7) is 0. The lowest BCUT2D eigenvalue weighted by Crippen LogP contribution is -2.08. The molecule has 0 radical (unpaired) electrons. The van der Waals surface area contributed by atoms with E-state index in [1.54, 1.807) is 0 Å². The molecule has 5 rings (SSSR count). The van der Waals surface area contributed by atoms with Gasteiger partial charge in [-0.05, 0) is 35.8 Å². The fraction of sp³-hybridized carbons (Fsp3) is 0.0526. The van der Waals surface area contributed by atoms with Gasteiger partial charge in [-0.25, -0.2) is 14.4 Å². The molecule has 0 fully saturated rings. The Balaban J connectivity index is 1.67. The number of nitrogens with zero attached hydrogens (tertiary/aromatic N) is 4. The van der Waals surface area contributed by atoms with Crippen molar-refractivity contribution in [2.24, 2.45) is 0 Å². The van der Waals surface area contributed by atoms with Crippen LogP contribution in [0.4, 0.5) is 29.2 Å². The van der Waals surface area contributed by atoms with Gasteiger partial charge in [0.15, 0.2) is 17.5 Å². The Hall–Kier alpha value is -3.60. The Morgan fingerprint density at radius 3 is 2.67 bits per heavy atom. The van der Waals surface area contributed by atoms with Gasteiger partial charge in [0.1, 0.15) is 16.0 Å². The Morgan fingerprint density at radius 1 is 1.00 bits per heavy atom. The molecular weight excluding hydrogens is 420 g/mol. The molecule has 3 aromatic heterocycles. The maximum absolute atomic E-state index is 13.7. The van der Waals surface area contributed by atoms with Crippen LogP contribution in [0.1, 0.15) is 5.56 Å².